The van der Waals surface area contributed by atoms with E-state index in [1.165, 1.54) is 0 Å². The number of nitrogens with two attached hydrogens (primary N) is 1. The smallest absolute Gasteiger partial charge is 0.317 e. The minimum atomic E-state index is -0.849. The molecule has 0 aliphatic carbocycles. The van der Waals surface area contributed by atoms with Crippen LogP contribution in [0, 0.1) is 5.92 Å². The summed E-state index contributed by atoms with van der Waals surface area (Å²) in [6.45, 7) is 3.44. The molecule has 0 aromatic rings. The molecule has 0 spiro atoms. The molecule has 0 bridgehead atoms. The number of carbonyl (C=O) groups excluding carboxylic acids is 1. The second-order valence-electron chi connectivity index (χ2n) is 4.83. The number of nitrogens with one attached hydrogen (secondary N) is 1. The Morgan fingerprint density at radius 1 is 1.44 bits per heavy atom. The van der Waals surface area contributed by atoms with Gasteiger partial charge in [0.2, 0.25) is 0 Å². The predicted molar refractivity (Wildman–Crippen MR) is 68.2 cm³/mol. The maximum Gasteiger partial charge on any atom is 0.317 e. The normalized spacial score (nSPS) is 18.4. The summed E-state index contributed by atoms with van der Waals surface area (Å²) in [6, 6.07) is 0.00478. The molecule has 1 heterocycles. The molecule has 6 heteroatoms. The summed E-state index contributed by atoms with van der Waals surface area (Å²) in [5.41, 5.74) is 5.76. The van der Waals surface area contributed by atoms with Crippen LogP contribution >= 0.6 is 0 Å². The molecule has 0 aromatic heterocycles. The van der Waals surface area contributed by atoms with Gasteiger partial charge in [-0.25, -0.2) is 4.79 Å². The van der Waals surface area contributed by atoms with Crippen LogP contribution in [0.2, 0.25) is 0 Å². The zero-order valence-corrected chi connectivity index (χ0v) is 10.9. The summed E-state index contributed by atoms with van der Waals surface area (Å²) in [7, 11) is 0. The Morgan fingerprint density at radius 3 is 2.56 bits per heavy atom. The molecule has 2 amide bonds. The van der Waals surface area contributed by atoms with Crippen molar-refractivity contribution in [2.75, 3.05) is 19.6 Å². The lowest BCUT2D eigenvalue weighted by Crippen LogP contribution is -2.48. The Balaban J connectivity index is 2.33. The van der Waals surface area contributed by atoms with Crippen molar-refractivity contribution >= 4 is 12.0 Å². The van der Waals surface area contributed by atoms with Gasteiger partial charge in [-0.1, -0.05) is 13.3 Å². The Bertz CT molecular complexity index is 288. The van der Waals surface area contributed by atoms with Gasteiger partial charge in [-0.15, -0.1) is 0 Å². The van der Waals surface area contributed by atoms with Gasteiger partial charge in [-0.3, -0.25) is 4.79 Å². The van der Waals surface area contributed by atoms with Crippen molar-refractivity contribution in [3.63, 3.8) is 0 Å². The van der Waals surface area contributed by atoms with Gasteiger partial charge in [-0.05, 0) is 19.3 Å². The number of hydrogen-bond acceptors (Lipinski definition) is 3. The number of likely N-dealkylation sites (tertiary alicyclic amines) is 1. The van der Waals surface area contributed by atoms with Crippen LogP contribution in [-0.4, -0.2) is 47.7 Å². The fourth-order valence-corrected chi connectivity index (χ4v) is 2.09. The monoisotopic (exact) mass is 257 g/mol. The SMILES string of the molecule is CCCC(CNC(=O)N1CCC(N)CC1)C(=O)O. The minimum Gasteiger partial charge on any atom is -0.481 e. The Kier molecular flexibility index (Phi) is 5.91. The van der Waals surface area contributed by atoms with Gasteiger partial charge in [0, 0.05) is 25.7 Å². The minimum absolute atomic E-state index is 0.177. The second kappa shape index (κ2) is 7.20. The zero-order chi connectivity index (χ0) is 13.5. The molecule has 1 fully saturated rings. The average molecular weight is 257 g/mol. The largest absolute Gasteiger partial charge is 0.481 e. The standard InChI is InChI=1S/C12H23N3O3/c1-2-3-9(11(16)17)8-14-12(18)15-6-4-10(13)5-7-15/h9-10H,2-8,13H2,1H3,(H,14,18)(H,16,17). The lowest BCUT2D eigenvalue weighted by molar-refractivity contribution is -0.141. The molecule has 0 radical (unpaired) electrons. The van der Waals surface area contributed by atoms with E-state index in [4.69, 9.17) is 10.8 Å². The van der Waals surface area contributed by atoms with Crippen molar-refractivity contribution in [3.8, 4) is 0 Å². The summed E-state index contributed by atoms with van der Waals surface area (Å²) in [4.78, 5) is 24.5. The fraction of sp³-hybridized carbons (Fsp3) is 0.833. The fourth-order valence-electron chi connectivity index (χ4n) is 2.09. The highest BCUT2D eigenvalue weighted by Crippen LogP contribution is 2.09. The first-order chi connectivity index (χ1) is 8.54. The first kappa shape index (κ1) is 14.8. The number of piperidine rings is 1. The number of nitrogens with zero attached hydrogens (tertiary/aromatic N) is 1. The Morgan fingerprint density at radius 2 is 2.06 bits per heavy atom. The van der Waals surface area contributed by atoms with Crippen LogP contribution in [0.3, 0.4) is 0 Å². The van der Waals surface area contributed by atoms with Crippen LogP contribution in [0.15, 0.2) is 0 Å². The van der Waals surface area contributed by atoms with E-state index in [2.05, 4.69) is 5.32 Å². The highest BCUT2D eigenvalue weighted by Gasteiger charge is 2.22. The number of carboxylic acid groups (broad SMARTS) is 1. The molecule has 6 nitrogen and oxygen atoms in total. The molecular formula is C12H23N3O3. The van der Waals surface area contributed by atoms with Crippen molar-refractivity contribution in [2.45, 2.75) is 38.6 Å². The van der Waals surface area contributed by atoms with Gasteiger partial charge in [0.1, 0.15) is 0 Å². The maximum absolute atomic E-state index is 11.8. The molecule has 0 saturated carbocycles. The van der Waals surface area contributed by atoms with Crippen LogP contribution in [0.5, 0.6) is 0 Å². The Hall–Kier alpha value is -1.30. The molecule has 104 valence electrons. The van der Waals surface area contributed by atoms with E-state index < -0.39 is 11.9 Å². The third kappa shape index (κ3) is 4.52. The number of hydrogen-bond donors (Lipinski definition) is 3. The third-order valence-corrected chi connectivity index (χ3v) is 3.31. The maximum atomic E-state index is 11.8. The summed E-state index contributed by atoms with van der Waals surface area (Å²) in [6.07, 6.45) is 3.00. The topological polar surface area (TPSA) is 95.7 Å². The van der Waals surface area contributed by atoms with Gasteiger partial charge >= 0.3 is 12.0 Å². The van der Waals surface area contributed by atoms with E-state index in [1.54, 1.807) is 4.90 Å². The van der Waals surface area contributed by atoms with E-state index in [-0.39, 0.29) is 18.6 Å². The third-order valence-electron chi connectivity index (χ3n) is 3.31. The van der Waals surface area contributed by atoms with E-state index in [0.717, 1.165) is 19.3 Å². The molecule has 1 unspecified atom stereocenters. The lowest BCUT2D eigenvalue weighted by atomic mass is 10.0. The van der Waals surface area contributed by atoms with E-state index >= 15 is 0 Å². The second-order valence-corrected chi connectivity index (χ2v) is 4.83. The van der Waals surface area contributed by atoms with Gasteiger partial charge in [0.05, 0.1) is 5.92 Å². The van der Waals surface area contributed by atoms with Gasteiger partial charge in [0.15, 0.2) is 0 Å². The van der Waals surface area contributed by atoms with Crippen LogP contribution in [0.25, 0.3) is 0 Å². The van der Waals surface area contributed by atoms with Crippen LogP contribution in [-0.2, 0) is 4.79 Å². The van der Waals surface area contributed by atoms with Gasteiger partial charge in [0.25, 0.3) is 0 Å². The van der Waals surface area contributed by atoms with Gasteiger partial charge in [-0.2, -0.15) is 0 Å². The summed E-state index contributed by atoms with van der Waals surface area (Å²) in [5, 5.41) is 11.7. The highest BCUT2D eigenvalue weighted by atomic mass is 16.4. The number of carbonyl (C=O) groups is 2. The molecule has 1 aliphatic rings. The summed E-state index contributed by atoms with van der Waals surface area (Å²) >= 11 is 0. The highest BCUT2D eigenvalue weighted by molar-refractivity contribution is 5.76. The van der Waals surface area contributed by atoms with E-state index in [9.17, 15) is 9.59 Å². The molecule has 4 N–H and O–H groups in total. The van der Waals surface area contributed by atoms with Crippen molar-refractivity contribution in [2.24, 2.45) is 11.7 Å². The molecule has 1 saturated heterocycles. The van der Waals surface area contributed by atoms with Crippen molar-refractivity contribution in [1.29, 1.82) is 0 Å². The molecule has 0 aromatic carbocycles. The van der Waals surface area contributed by atoms with E-state index in [0.29, 0.717) is 19.5 Å². The van der Waals surface area contributed by atoms with Crippen molar-refractivity contribution in [3.05, 3.63) is 0 Å². The number of carboxylic acids is 1. The zero-order valence-electron chi connectivity index (χ0n) is 10.9. The molecule has 1 rings (SSSR count). The van der Waals surface area contributed by atoms with E-state index in [1.807, 2.05) is 6.92 Å². The molecular weight excluding hydrogens is 234 g/mol. The first-order valence-corrected chi connectivity index (χ1v) is 6.55. The van der Waals surface area contributed by atoms with Crippen LogP contribution in [0.1, 0.15) is 32.6 Å². The summed E-state index contributed by atoms with van der Waals surface area (Å²) in [5.74, 6) is -1.34. The molecule has 1 aliphatic heterocycles. The number of rotatable bonds is 5. The van der Waals surface area contributed by atoms with Crippen LogP contribution < -0.4 is 11.1 Å². The lowest BCUT2D eigenvalue weighted by Gasteiger charge is -2.30. The Labute approximate surface area is 108 Å². The van der Waals surface area contributed by atoms with Crippen molar-refractivity contribution < 1.29 is 14.7 Å². The number of urea groups is 1. The van der Waals surface area contributed by atoms with Crippen molar-refractivity contribution in [1.82, 2.24) is 10.2 Å². The summed E-state index contributed by atoms with van der Waals surface area (Å²) < 4.78 is 0. The first-order valence-electron chi connectivity index (χ1n) is 6.55. The molecule has 1 atom stereocenters. The number of amides is 2. The number of aliphatic carboxylic acids is 1. The predicted octanol–water partition coefficient (Wildman–Crippen LogP) is 0.620. The van der Waals surface area contributed by atoms with Gasteiger partial charge < -0.3 is 21.1 Å². The van der Waals surface area contributed by atoms with Crippen LogP contribution in [0.4, 0.5) is 4.79 Å². The average Bonchev–Trinajstić information content (AvgIpc) is 2.34. The molecule has 18 heavy (non-hydrogen) atoms. The quantitative estimate of drug-likeness (QED) is 0.672.